The van der Waals surface area contributed by atoms with Gasteiger partial charge in [-0.1, -0.05) is 19.4 Å². The van der Waals surface area contributed by atoms with Crippen LogP contribution in [-0.4, -0.2) is 38.4 Å². The summed E-state index contributed by atoms with van der Waals surface area (Å²) in [7, 11) is 1.69. The summed E-state index contributed by atoms with van der Waals surface area (Å²) in [5, 5.41) is 3.34. The summed E-state index contributed by atoms with van der Waals surface area (Å²) in [6, 6.07) is 6.22. The smallest absolute Gasteiger partial charge is 0.161 e. The van der Waals surface area contributed by atoms with Gasteiger partial charge in [0.05, 0.1) is 13.7 Å². The van der Waals surface area contributed by atoms with Gasteiger partial charge in [-0.2, -0.15) is 0 Å². The molecular weight excluding hydrogens is 240 g/mol. The second-order valence-electron chi connectivity index (χ2n) is 4.90. The fourth-order valence-corrected chi connectivity index (χ4v) is 2.21. The molecule has 106 valence electrons. The summed E-state index contributed by atoms with van der Waals surface area (Å²) in [4.78, 5) is 2.39. The monoisotopic (exact) mass is 264 g/mol. The highest BCUT2D eigenvalue weighted by Crippen LogP contribution is 2.28. The van der Waals surface area contributed by atoms with Gasteiger partial charge in [0.25, 0.3) is 0 Å². The Morgan fingerprint density at radius 3 is 2.89 bits per heavy atom. The summed E-state index contributed by atoms with van der Waals surface area (Å²) in [5.41, 5.74) is 1.27. The number of unbranched alkanes of at least 4 members (excludes halogenated alkanes) is 1. The molecule has 0 aromatic heterocycles. The van der Waals surface area contributed by atoms with E-state index >= 15 is 0 Å². The lowest BCUT2D eigenvalue weighted by Crippen LogP contribution is -2.21. The Labute approximate surface area is 115 Å². The molecule has 1 N–H and O–H groups in total. The summed E-state index contributed by atoms with van der Waals surface area (Å²) in [5.74, 6) is 1.68. The van der Waals surface area contributed by atoms with Gasteiger partial charge in [-0.25, -0.2) is 0 Å². The number of nitrogens with zero attached hydrogens (tertiary/aromatic N) is 1. The largest absolute Gasteiger partial charge is 0.493 e. The molecule has 1 aromatic rings. The van der Waals surface area contributed by atoms with Crippen molar-refractivity contribution >= 4 is 0 Å². The highest BCUT2D eigenvalue weighted by atomic mass is 16.5. The van der Waals surface area contributed by atoms with Crippen molar-refractivity contribution in [1.29, 1.82) is 0 Å². The number of ether oxygens (including phenoxy) is 2. The third-order valence-electron chi connectivity index (χ3n) is 3.33. The van der Waals surface area contributed by atoms with E-state index in [2.05, 4.69) is 29.3 Å². The molecule has 1 aliphatic heterocycles. The van der Waals surface area contributed by atoms with Crippen molar-refractivity contribution in [3.05, 3.63) is 23.8 Å². The Bertz CT molecular complexity index is 390. The molecule has 1 aliphatic rings. The Balaban J connectivity index is 2.01. The molecule has 1 heterocycles. The van der Waals surface area contributed by atoms with Crippen LogP contribution in [0.2, 0.25) is 0 Å². The molecule has 0 bridgehead atoms. The van der Waals surface area contributed by atoms with Crippen LogP contribution in [0.5, 0.6) is 11.5 Å². The van der Waals surface area contributed by atoms with Crippen LogP contribution in [0.1, 0.15) is 25.3 Å². The van der Waals surface area contributed by atoms with Gasteiger partial charge >= 0.3 is 0 Å². The second kappa shape index (κ2) is 7.36. The predicted molar refractivity (Wildman–Crippen MR) is 76.7 cm³/mol. The Morgan fingerprint density at radius 2 is 2.21 bits per heavy atom. The molecule has 4 heteroatoms. The van der Waals surface area contributed by atoms with Gasteiger partial charge in [0, 0.05) is 26.3 Å². The van der Waals surface area contributed by atoms with Crippen LogP contribution in [0, 0.1) is 0 Å². The molecule has 2 rings (SSSR count). The number of hydrogen-bond acceptors (Lipinski definition) is 4. The van der Waals surface area contributed by atoms with Crippen molar-refractivity contribution in [1.82, 2.24) is 10.2 Å². The van der Waals surface area contributed by atoms with Crippen molar-refractivity contribution in [2.75, 3.05) is 33.5 Å². The third-order valence-corrected chi connectivity index (χ3v) is 3.33. The molecule has 0 aliphatic carbocycles. The molecular formula is C15H24N2O2. The number of hydrogen-bond donors (Lipinski definition) is 1. The van der Waals surface area contributed by atoms with Crippen molar-refractivity contribution in [3.8, 4) is 11.5 Å². The standard InChI is InChI=1S/C15H24N2O2/c1-3-4-9-19-15-10-13(5-6-14(15)18-2)11-17-8-7-16-12-17/h5-6,10,16H,3-4,7-9,11-12H2,1-2H3. The lowest BCUT2D eigenvalue weighted by atomic mass is 10.2. The van der Waals surface area contributed by atoms with Crippen LogP contribution in [-0.2, 0) is 6.54 Å². The van der Waals surface area contributed by atoms with E-state index in [9.17, 15) is 0 Å². The van der Waals surface area contributed by atoms with Crippen LogP contribution in [0.4, 0.5) is 0 Å². The van der Waals surface area contributed by atoms with Crippen LogP contribution >= 0.6 is 0 Å². The maximum Gasteiger partial charge on any atom is 0.161 e. The molecule has 0 atom stereocenters. The van der Waals surface area contributed by atoms with Gasteiger partial charge in [0.2, 0.25) is 0 Å². The minimum absolute atomic E-state index is 0.752. The first kappa shape index (κ1) is 14.2. The first-order valence-corrected chi connectivity index (χ1v) is 7.06. The maximum atomic E-state index is 5.81. The number of methoxy groups -OCH3 is 1. The highest BCUT2D eigenvalue weighted by molar-refractivity contribution is 5.43. The number of benzene rings is 1. The molecule has 1 saturated heterocycles. The van der Waals surface area contributed by atoms with E-state index in [1.807, 2.05) is 6.07 Å². The number of nitrogens with one attached hydrogen (secondary N) is 1. The first-order chi connectivity index (χ1) is 9.33. The van der Waals surface area contributed by atoms with Crippen LogP contribution in [0.15, 0.2) is 18.2 Å². The van der Waals surface area contributed by atoms with Gasteiger partial charge in [0.15, 0.2) is 11.5 Å². The quantitative estimate of drug-likeness (QED) is 0.766. The van der Waals surface area contributed by atoms with Gasteiger partial charge < -0.3 is 14.8 Å². The normalized spacial score (nSPS) is 15.7. The van der Waals surface area contributed by atoms with E-state index < -0.39 is 0 Å². The zero-order valence-electron chi connectivity index (χ0n) is 11.9. The SMILES string of the molecule is CCCCOc1cc(CN2CCNC2)ccc1OC. The van der Waals surface area contributed by atoms with Gasteiger partial charge in [0.1, 0.15) is 0 Å². The van der Waals surface area contributed by atoms with Crippen molar-refractivity contribution < 1.29 is 9.47 Å². The zero-order valence-corrected chi connectivity index (χ0v) is 11.9. The van der Waals surface area contributed by atoms with E-state index in [4.69, 9.17) is 9.47 Å². The first-order valence-electron chi connectivity index (χ1n) is 7.06. The van der Waals surface area contributed by atoms with E-state index in [0.29, 0.717) is 0 Å². The van der Waals surface area contributed by atoms with Gasteiger partial charge in [-0.15, -0.1) is 0 Å². The molecule has 0 radical (unpaired) electrons. The van der Waals surface area contributed by atoms with Crippen molar-refractivity contribution in [2.24, 2.45) is 0 Å². The summed E-state index contributed by atoms with van der Waals surface area (Å²) < 4.78 is 11.2. The minimum atomic E-state index is 0.752. The van der Waals surface area contributed by atoms with Gasteiger partial charge in [-0.3, -0.25) is 4.90 Å². The molecule has 0 spiro atoms. The average Bonchev–Trinajstić information content (AvgIpc) is 2.92. The number of rotatable bonds is 7. The molecule has 4 nitrogen and oxygen atoms in total. The molecule has 1 aromatic carbocycles. The Morgan fingerprint density at radius 1 is 1.32 bits per heavy atom. The van der Waals surface area contributed by atoms with E-state index in [0.717, 1.165) is 57.3 Å². The topological polar surface area (TPSA) is 33.7 Å². The third kappa shape index (κ3) is 4.11. The van der Waals surface area contributed by atoms with E-state index in [-0.39, 0.29) is 0 Å². The lowest BCUT2D eigenvalue weighted by molar-refractivity contribution is 0.286. The molecule has 19 heavy (non-hydrogen) atoms. The summed E-state index contributed by atoms with van der Waals surface area (Å²) >= 11 is 0. The summed E-state index contributed by atoms with van der Waals surface area (Å²) in [6.45, 7) is 7.03. The van der Waals surface area contributed by atoms with Crippen molar-refractivity contribution in [2.45, 2.75) is 26.3 Å². The fourth-order valence-electron chi connectivity index (χ4n) is 2.21. The second-order valence-corrected chi connectivity index (χ2v) is 4.90. The van der Waals surface area contributed by atoms with E-state index in [1.54, 1.807) is 7.11 Å². The van der Waals surface area contributed by atoms with Crippen LogP contribution in [0.25, 0.3) is 0 Å². The Hall–Kier alpha value is -1.26. The minimum Gasteiger partial charge on any atom is -0.493 e. The lowest BCUT2D eigenvalue weighted by Gasteiger charge is -2.16. The molecule has 0 saturated carbocycles. The fraction of sp³-hybridized carbons (Fsp3) is 0.600. The average molecular weight is 264 g/mol. The molecule has 0 unspecified atom stereocenters. The van der Waals surface area contributed by atoms with Crippen LogP contribution in [0.3, 0.4) is 0 Å². The van der Waals surface area contributed by atoms with Gasteiger partial charge in [-0.05, 0) is 24.1 Å². The van der Waals surface area contributed by atoms with E-state index in [1.165, 1.54) is 5.56 Å². The van der Waals surface area contributed by atoms with Crippen LogP contribution < -0.4 is 14.8 Å². The Kier molecular flexibility index (Phi) is 5.48. The highest BCUT2D eigenvalue weighted by Gasteiger charge is 2.12. The summed E-state index contributed by atoms with van der Waals surface area (Å²) in [6.07, 6.45) is 2.21. The van der Waals surface area contributed by atoms with Crippen molar-refractivity contribution in [3.63, 3.8) is 0 Å². The predicted octanol–water partition coefficient (Wildman–Crippen LogP) is 2.24. The zero-order chi connectivity index (χ0) is 13.5. The maximum absolute atomic E-state index is 5.81. The molecule has 1 fully saturated rings. The molecule has 0 amide bonds.